The van der Waals surface area contributed by atoms with Crippen molar-refractivity contribution in [2.75, 3.05) is 10.7 Å². The maximum atomic E-state index is 13.5. The van der Waals surface area contributed by atoms with Gasteiger partial charge in [-0.2, -0.15) is 0 Å². The zero-order chi connectivity index (χ0) is 13.1. The van der Waals surface area contributed by atoms with E-state index >= 15 is 0 Å². The second kappa shape index (κ2) is 5.23. The van der Waals surface area contributed by atoms with Gasteiger partial charge in [0, 0.05) is 17.6 Å². The summed E-state index contributed by atoms with van der Waals surface area (Å²) in [4.78, 5) is 7.81. The van der Waals surface area contributed by atoms with Gasteiger partial charge in [0.1, 0.15) is 5.01 Å². The molecule has 0 radical (unpaired) electrons. The molecule has 0 aliphatic rings. The maximum absolute atomic E-state index is 13.5. The Morgan fingerprint density at radius 2 is 2.06 bits per heavy atom. The van der Waals surface area contributed by atoms with Gasteiger partial charge in [-0.15, -0.1) is 11.3 Å². The number of rotatable bonds is 4. The van der Waals surface area contributed by atoms with Crippen molar-refractivity contribution in [2.24, 2.45) is 5.84 Å². The third-order valence-corrected chi connectivity index (χ3v) is 3.20. The van der Waals surface area contributed by atoms with Crippen molar-refractivity contribution in [3.63, 3.8) is 0 Å². The van der Waals surface area contributed by atoms with Crippen LogP contribution in [0.1, 0.15) is 18.0 Å². The van der Waals surface area contributed by atoms with Crippen molar-refractivity contribution in [1.82, 2.24) is 9.97 Å². The lowest BCUT2D eigenvalue weighted by Gasteiger charge is -2.13. The minimum absolute atomic E-state index is 0.0768. The summed E-state index contributed by atoms with van der Waals surface area (Å²) >= 11 is 1.43. The molecule has 2 heterocycles. The maximum Gasteiger partial charge on any atom is 0.178 e. The number of nitrogens with two attached hydrogens (primary N) is 1. The van der Waals surface area contributed by atoms with E-state index in [0.717, 1.165) is 11.1 Å². The molecule has 0 bridgehead atoms. The summed E-state index contributed by atoms with van der Waals surface area (Å²) < 4.78 is 26.7. The predicted octanol–water partition coefficient (Wildman–Crippen LogP) is 2.28. The van der Waals surface area contributed by atoms with Crippen molar-refractivity contribution < 1.29 is 8.78 Å². The van der Waals surface area contributed by atoms with Crippen LogP contribution in [0.2, 0.25) is 0 Å². The monoisotopic (exact) mass is 271 g/mol. The lowest BCUT2D eigenvalue weighted by molar-refractivity contribution is 0.576. The molecule has 0 aliphatic heterocycles. The molecule has 96 valence electrons. The fraction of sp³-hybridized carbons (Fsp3) is 0.200. The van der Waals surface area contributed by atoms with Gasteiger partial charge in [0.25, 0.3) is 0 Å². The van der Waals surface area contributed by atoms with Gasteiger partial charge in [-0.3, -0.25) is 0 Å². The first-order valence-electron chi connectivity index (χ1n) is 5.10. The van der Waals surface area contributed by atoms with Crippen LogP contribution < -0.4 is 16.6 Å². The molecule has 0 amide bonds. The predicted molar refractivity (Wildman–Crippen MR) is 66.1 cm³/mol. The van der Waals surface area contributed by atoms with Crippen LogP contribution >= 0.6 is 11.3 Å². The second-order valence-electron chi connectivity index (χ2n) is 3.53. The van der Waals surface area contributed by atoms with Gasteiger partial charge >= 0.3 is 0 Å². The molecule has 0 aliphatic carbocycles. The summed E-state index contributed by atoms with van der Waals surface area (Å²) in [6.07, 6.45) is 1.65. The number of anilines is 2. The number of hydrazine groups is 1. The SMILES string of the molecule is CC(Nc1nc(NN)c(F)cc1F)c1nccs1. The van der Waals surface area contributed by atoms with Gasteiger partial charge in [-0.05, 0) is 6.92 Å². The largest absolute Gasteiger partial charge is 0.359 e. The molecular weight excluding hydrogens is 260 g/mol. The van der Waals surface area contributed by atoms with Crippen LogP contribution in [0.15, 0.2) is 17.6 Å². The molecule has 2 rings (SSSR count). The van der Waals surface area contributed by atoms with E-state index in [4.69, 9.17) is 5.84 Å². The first kappa shape index (κ1) is 12.7. The van der Waals surface area contributed by atoms with E-state index in [-0.39, 0.29) is 17.7 Å². The van der Waals surface area contributed by atoms with Gasteiger partial charge in [0.15, 0.2) is 23.3 Å². The first-order valence-corrected chi connectivity index (χ1v) is 5.98. The highest BCUT2D eigenvalue weighted by Gasteiger charge is 2.15. The third kappa shape index (κ3) is 2.54. The number of hydrogen-bond acceptors (Lipinski definition) is 6. The number of halogens is 2. The van der Waals surface area contributed by atoms with Gasteiger partial charge in [0.2, 0.25) is 0 Å². The second-order valence-corrected chi connectivity index (χ2v) is 4.46. The topological polar surface area (TPSA) is 75.9 Å². The van der Waals surface area contributed by atoms with Crippen molar-refractivity contribution in [3.05, 3.63) is 34.3 Å². The Labute approximate surface area is 106 Å². The van der Waals surface area contributed by atoms with Crippen molar-refractivity contribution in [3.8, 4) is 0 Å². The van der Waals surface area contributed by atoms with Crippen LogP contribution in [0.4, 0.5) is 20.4 Å². The highest BCUT2D eigenvalue weighted by Crippen LogP contribution is 2.24. The highest BCUT2D eigenvalue weighted by atomic mass is 32.1. The summed E-state index contributed by atoms with van der Waals surface area (Å²) in [7, 11) is 0. The van der Waals surface area contributed by atoms with Crippen LogP contribution in [0.3, 0.4) is 0 Å². The molecule has 1 atom stereocenters. The van der Waals surface area contributed by atoms with Gasteiger partial charge in [-0.1, -0.05) is 0 Å². The smallest absolute Gasteiger partial charge is 0.178 e. The molecule has 0 saturated heterocycles. The number of hydrogen-bond donors (Lipinski definition) is 3. The lowest BCUT2D eigenvalue weighted by Crippen LogP contribution is -2.14. The number of nitrogens with one attached hydrogen (secondary N) is 2. The Balaban J connectivity index is 2.23. The molecule has 1 unspecified atom stereocenters. The van der Waals surface area contributed by atoms with Crippen LogP contribution in [0.25, 0.3) is 0 Å². The quantitative estimate of drug-likeness (QED) is 0.587. The minimum atomic E-state index is -0.845. The summed E-state index contributed by atoms with van der Waals surface area (Å²) in [6, 6.07) is 0.488. The fourth-order valence-electron chi connectivity index (χ4n) is 1.38. The summed E-state index contributed by atoms with van der Waals surface area (Å²) in [6.45, 7) is 1.80. The molecule has 0 saturated carbocycles. The molecule has 0 aromatic carbocycles. The van der Waals surface area contributed by atoms with E-state index in [1.54, 1.807) is 13.1 Å². The number of thiazole rings is 1. The third-order valence-electron chi connectivity index (χ3n) is 2.24. The van der Waals surface area contributed by atoms with Crippen molar-refractivity contribution in [1.29, 1.82) is 0 Å². The molecule has 2 aromatic rings. The van der Waals surface area contributed by atoms with Crippen molar-refractivity contribution >= 4 is 23.0 Å². The molecule has 8 heteroatoms. The Morgan fingerprint density at radius 1 is 1.33 bits per heavy atom. The number of pyridine rings is 1. The average Bonchev–Trinajstić information content (AvgIpc) is 2.86. The Hall–Kier alpha value is -1.80. The van der Waals surface area contributed by atoms with Crippen LogP contribution in [0, 0.1) is 11.6 Å². The number of nitrogens with zero attached hydrogens (tertiary/aromatic N) is 2. The fourth-order valence-corrected chi connectivity index (χ4v) is 2.03. The summed E-state index contributed by atoms with van der Waals surface area (Å²) in [5, 5.41) is 5.41. The van der Waals surface area contributed by atoms with Crippen LogP contribution in [-0.2, 0) is 0 Å². The highest BCUT2D eigenvalue weighted by molar-refractivity contribution is 7.09. The zero-order valence-electron chi connectivity index (χ0n) is 9.45. The van der Waals surface area contributed by atoms with Crippen LogP contribution in [0.5, 0.6) is 0 Å². The van der Waals surface area contributed by atoms with Gasteiger partial charge in [-0.25, -0.2) is 24.6 Å². The van der Waals surface area contributed by atoms with Gasteiger partial charge in [0.05, 0.1) is 6.04 Å². The summed E-state index contributed by atoms with van der Waals surface area (Å²) in [5.74, 6) is 3.16. The molecule has 0 fully saturated rings. The van der Waals surface area contributed by atoms with Crippen LogP contribution in [-0.4, -0.2) is 9.97 Å². The van der Waals surface area contributed by atoms with E-state index in [1.807, 2.05) is 5.38 Å². The van der Waals surface area contributed by atoms with Gasteiger partial charge < -0.3 is 10.7 Å². The van der Waals surface area contributed by atoms with Crippen molar-refractivity contribution in [2.45, 2.75) is 13.0 Å². The first-order chi connectivity index (χ1) is 8.61. The Kier molecular flexibility index (Phi) is 3.68. The van der Waals surface area contributed by atoms with E-state index < -0.39 is 11.6 Å². The molecule has 0 spiro atoms. The van der Waals surface area contributed by atoms with E-state index in [9.17, 15) is 8.78 Å². The number of nitrogen functional groups attached to an aromatic ring is 1. The Bertz CT molecular complexity index is 531. The minimum Gasteiger partial charge on any atom is -0.359 e. The number of aromatic nitrogens is 2. The molecule has 5 nitrogen and oxygen atoms in total. The lowest BCUT2D eigenvalue weighted by atomic mass is 10.3. The molecule has 18 heavy (non-hydrogen) atoms. The molecule has 4 N–H and O–H groups in total. The Morgan fingerprint density at radius 3 is 2.67 bits per heavy atom. The molecular formula is C10H11F2N5S. The summed E-state index contributed by atoms with van der Waals surface area (Å²) in [5.41, 5.74) is 2.07. The molecule has 2 aromatic heterocycles. The standard InChI is InChI=1S/C10H11F2N5S/c1-5(10-14-2-3-18-10)15-8-6(11)4-7(12)9(16-8)17-13/h2-5H,13H2,1H3,(H2,15,16,17). The van der Waals surface area contributed by atoms with E-state index in [0.29, 0.717) is 0 Å². The zero-order valence-corrected chi connectivity index (χ0v) is 10.3. The van der Waals surface area contributed by atoms with E-state index in [1.165, 1.54) is 11.3 Å². The normalized spacial score (nSPS) is 12.2. The van der Waals surface area contributed by atoms with E-state index in [2.05, 4.69) is 20.7 Å². The average molecular weight is 271 g/mol.